The Morgan fingerprint density at radius 3 is 2.41 bits per heavy atom. The van der Waals surface area contributed by atoms with Crippen LogP contribution in [0.4, 0.5) is 0 Å². The predicted octanol–water partition coefficient (Wildman–Crippen LogP) is 4.48. The minimum absolute atomic E-state index is 0.202. The minimum Gasteiger partial charge on any atom is -0.493 e. The summed E-state index contributed by atoms with van der Waals surface area (Å²) in [6.07, 6.45) is 6.01. The average Bonchev–Trinajstić information content (AvgIpc) is 2.78. The standard InChI is InChI=1S/C26H35N3O4S/c1-5-33-24-14-10-9-11-22(24)17-27-28-25(30)18-29(23-12-7-6-8-13-23)34(31,32)26-20(3)15-19(2)16-21(26)4/h9-11,14-17,23H,5-8,12-13,18H2,1-4H3,(H,28,30). The predicted molar refractivity (Wildman–Crippen MR) is 135 cm³/mol. The van der Waals surface area contributed by atoms with E-state index in [1.807, 2.05) is 64.1 Å². The number of para-hydroxylation sites is 1. The maximum Gasteiger partial charge on any atom is 0.255 e. The van der Waals surface area contributed by atoms with Gasteiger partial charge in [0.2, 0.25) is 10.0 Å². The SMILES string of the molecule is CCOc1ccccc1C=NNC(=O)CN(C1CCCCC1)S(=O)(=O)c1c(C)cc(C)cc1C. The van der Waals surface area contributed by atoms with E-state index in [1.165, 1.54) is 10.5 Å². The van der Waals surface area contributed by atoms with E-state index in [0.717, 1.165) is 43.2 Å². The minimum atomic E-state index is -3.86. The summed E-state index contributed by atoms with van der Waals surface area (Å²) in [6.45, 7) is 7.71. The Morgan fingerprint density at radius 2 is 1.76 bits per heavy atom. The molecule has 1 N–H and O–H groups in total. The summed E-state index contributed by atoms with van der Waals surface area (Å²) in [5, 5.41) is 4.06. The molecule has 2 aromatic carbocycles. The van der Waals surface area contributed by atoms with Gasteiger partial charge in [-0.1, -0.05) is 49.1 Å². The zero-order chi connectivity index (χ0) is 24.7. The molecule has 8 heteroatoms. The van der Waals surface area contributed by atoms with Gasteiger partial charge in [-0.2, -0.15) is 9.41 Å². The fourth-order valence-corrected chi connectivity index (χ4v) is 6.75. The maximum absolute atomic E-state index is 13.8. The molecular weight excluding hydrogens is 450 g/mol. The number of nitrogens with zero attached hydrogens (tertiary/aromatic N) is 2. The molecule has 0 atom stereocenters. The van der Waals surface area contributed by atoms with Crippen LogP contribution in [0.25, 0.3) is 0 Å². The number of benzene rings is 2. The zero-order valence-corrected chi connectivity index (χ0v) is 21.3. The van der Waals surface area contributed by atoms with Crippen molar-refractivity contribution in [2.75, 3.05) is 13.2 Å². The summed E-state index contributed by atoms with van der Waals surface area (Å²) >= 11 is 0. The topological polar surface area (TPSA) is 88.1 Å². The molecule has 1 fully saturated rings. The van der Waals surface area contributed by atoms with Gasteiger partial charge in [0, 0.05) is 11.6 Å². The molecule has 2 aromatic rings. The molecule has 1 aliphatic carbocycles. The molecule has 1 saturated carbocycles. The summed E-state index contributed by atoms with van der Waals surface area (Å²) in [5.74, 6) is 0.196. The Balaban J connectivity index is 1.83. The van der Waals surface area contributed by atoms with Crippen LogP contribution >= 0.6 is 0 Å². The normalized spacial score (nSPS) is 15.1. The van der Waals surface area contributed by atoms with E-state index in [-0.39, 0.29) is 12.6 Å². The van der Waals surface area contributed by atoms with Crippen molar-refractivity contribution in [1.82, 2.24) is 9.73 Å². The van der Waals surface area contributed by atoms with Crippen molar-refractivity contribution in [2.45, 2.75) is 70.7 Å². The lowest BCUT2D eigenvalue weighted by Gasteiger charge is -2.33. The number of nitrogens with one attached hydrogen (secondary N) is 1. The zero-order valence-electron chi connectivity index (χ0n) is 20.5. The summed E-state index contributed by atoms with van der Waals surface area (Å²) in [6, 6.07) is 10.9. The van der Waals surface area contributed by atoms with Crippen molar-refractivity contribution >= 4 is 22.1 Å². The molecule has 0 heterocycles. The van der Waals surface area contributed by atoms with Gasteiger partial charge in [-0.15, -0.1) is 0 Å². The largest absolute Gasteiger partial charge is 0.493 e. The number of hydrazone groups is 1. The van der Waals surface area contributed by atoms with Gasteiger partial charge in [0.05, 0.1) is 24.3 Å². The Hall–Kier alpha value is -2.71. The van der Waals surface area contributed by atoms with Crippen LogP contribution in [0, 0.1) is 20.8 Å². The van der Waals surface area contributed by atoms with E-state index in [2.05, 4.69) is 10.5 Å². The fraction of sp³-hybridized carbons (Fsp3) is 0.462. The van der Waals surface area contributed by atoms with Crippen LogP contribution < -0.4 is 10.2 Å². The summed E-state index contributed by atoms with van der Waals surface area (Å²) in [4.78, 5) is 13.1. The van der Waals surface area contributed by atoms with Crippen molar-refractivity contribution < 1.29 is 17.9 Å². The third-order valence-electron chi connectivity index (χ3n) is 6.06. The van der Waals surface area contributed by atoms with E-state index < -0.39 is 15.9 Å². The highest BCUT2D eigenvalue weighted by atomic mass is 32.2. The van der Waals surface area contributed by atoms with Gasteiger partial charge in [0.1, 0.15) is 5.75 Å². The molecule has 0 aromatic heterocycles. The van der Waals surface area contributed by atoms with Crippen LogP contribution in [0.15, 0.2) is 46.4 Å². The van der Waals surface area contributed by atoms with Crippen molar-refractivity contribution in [3.63, 3.8) is 0 Å². The van der Waals surface area contributed by atoms with Crippen LogP contribution in [-0.4, -0.2) is 44.0 Å². The summed E-state index contributed by atoms with van der Waals surface area (Å²) in [7, 11) is -3.86. The van der Waals surface area contributed by atoms with Crippen molar-refractivity contribution in [3.05, 3.63) is 58.7 Å². The lowest BCUT2D eigenvalue weighted by Crippen LogP contribution is -2.46. The Morgan fingerprint density at radius 1 is 1.12 bits per heavy atom. The second-order valence-electron chi connectivity index (χ2n) is 8.83. The highest BCUT2D eigenvalue weighted by Gasteiger charge is 2.35. The van der Waals surface area contributed by atoms with Crippen molar-refractivity contribution in [1.29, 1.82) is 0 Å². The molecule has 1 aliphatic rings. The smallest absolute Gasteiger partial charge is 0.255 e. The number of carbonyl (C=O) groups excluding carboxylic acids is 1. The molecule has 0 aliphatic heterocycles. The van der Waals surface area contributed by atoms with Crippen LogP contribution in [0.2, 0.25) is 0 Å². The molecule has 0 bridgehead atoms. The number of carbonyl (C=O) groups is 1. The highest BCUT2D eigenvalue weighted by Crippen LogP contribution is 2.31. The van der Waals surface area contributed by atoms with Crippen molar-refractivity contribution in [2.24, 2.45) is 5.10 Å². The summed E-state index contributed by atoms with van der Waals surface area (Å²) < 4.78 is 34.6. The molecule has 184 valence electrons. The first kappa shape index (κ1) is 25.9. The first-order valence-electron chi connectivity index (χ1n) is 11.9. The maximum atomic E-state index is 13.8. The molecule has 0 spiro atoms. The van der Waals surface area contributed by atoms with E-state index >= 15 is 0 Å². The fourth-order valence-electron chi connectivity index (χ4n) is 4.70. The van der Waals surface area contributed by atoms with Crippen LogP contribution in [0.1, 0.15) is 61.3 Å². The third kappa shape index (κ3) is 6.24. The highest BCUT2D eigenvalue weighted by molar-refractivity contribution is 7.89. The molecule has 1 amide bonds. The van der Waals surface area contributed by atoms with Crippen molar-refractivity contribution in [3.8, 4) is 5.75 Å². The summed E-state index contributed by atoms with van der Waals surface area (Å²) in [5.41, 5.74) is 5.64. The lowest BCUT2D eigenvalue weighted by molar-refractivity contribution is -0.121. The number of amides is 1. The number of aryl methyl sites for hydroxylation is 3. The molecule has 0 radical (unpaired) electrons. The van der Waals surface area contributed by atoms with Gasteiger partial charge >= 0.3 is 0 Å². The monoisotopic (exact) mass is 485 g/mol. The van der Waals surface area contributed by atoms with Crippen LogP contribution in [-0.2, 0) is 14.8 Å². The lowest BCUT2D eigenvalue weighted by atomic mass is 9.95. The number of hydrogen-bond donors (Lipinski definition) is 1. The molecule has 34 heavy (non-hydrogen) atoms. The van der Waals surface area contributed by atoms with Gasteiger partial charge in [-0.05, 0) is 63.8 Å². The van der Waals surface area contributed by atoms with Gasteiger partial charge in [0.15, 0.2) is 0 Å². The molecule has 3 rings (SSSR count). The van der Waals surface area contributed by atoms with Gasteiger partial charge in [-0.3, -0.25) is 4.79 Å². The molecular formula is C26H35N3O4S. The number of sulfonamides is 1. The third-order valence-corrected chi connectivity index (χ3v) is 8.27. The van der Waals surface area contributed by atoms with Gasteiger partial charge in [-0.25, -0.2) is 13.8 Å². The van der Waals surface area contributed by atoms with E-state index in [0.29, 0.717) is 28.4 Å². The van der Waals surface area contributed by atoms with Gasteiger partial charge in [0.25, 0.3) is 5.91 Å². The average molecular weight is 486 g/mol. The van der Waals surface area contributed by atoms with E-state index in [9.17, 15) is 13.2 Å². The van der Waals surface area contributed by atoms with Crippen LogP contribution in [0.3, 0.4) is 0 Å². The number of hydrogen-bond acceptors (Lipinski definition) is 5. The molecule has 7 nitrogen and oxygen atoms in total. The van der Waals surface area contributed by atoms with E-state index in [4.69, 9.17) is 4.74 Å². The Kier molecular flexibility index (Phi) is 8.85. The molecule has 0 unspecified atom stereocenters. The quantitative estimate of drug-likeness (QED) is 0.419. The number of rotatable bonds is 9. The molecule has 0 saturated heterocycles. The Bertz CT molecular complexity index is 1120. The van der Waals surface area contributed by atoms with E-state index in [1.54, 1.807) is 0 Å². The first-order valence-corrected chi connectivity index (χ1v) is 13.3. The second-order valence-corrected chi connectivity index (χ2v) is 10.7. The van der Waals surface area contributed by atoms with Gasteiger partial charge < -0.3 is 4.74 Å². The second kappa shape index (κ2) is 11.6. The Labute approximate surface area is 203 Å². The first-order chi connectivity index (χ1) is 16.2. The number of ether oxygens (including phenoxy) is 1. The van der Waals surface area contributed by atoms with Crippen LogP contribution in [0.5, 0.6) is 5.75 Å².